The van der Waals surface area contributed by atoms with Crippen LogP contribution in [0.5, 0.6) is 0 Å². The van der Waals surface area contributed by atoms with Gasteiger partial charge in [-0.2, -0.15) is 0 Å². The largest absolute Gasteiger partial charge is 0.466 e. The predicted molar refractivity (Wildman–Crippen MR) is 118 cm³/mol. The van der Waals surface area contributed by atoms with Crippen molar-refractivity contribution in [2.24, 2.45) is 5.92 Å². The molecule has 31 heavy (non-hydrogen) atoms. The van der Waals surface area contributed by atoms with Crippen LogP contribution in [-0.2, 0) is 19.6 Å². The number of likely N-dealkylation sites (tertiary alicyclic amines) is 1. The summed E-state index contributed by atoms with van der Waals surface area (Å²) in [5, 5.41) is 0. The molecule has 0 aliphatic carbocycles. The van der Waals surface area contributed by atoms with E-state index in [1.54, 1.807) is 54.3 Å². The number of nitrogens with zero attached hydrogens (tertiary/aromatic N) is 1. The first-order chi connectivity index (χ1) is 14.7. The van der Waals surface area contributed by atoms with Gasteiger partial charge in [0.25, 0.3) is 15.9 Å². The van der Waals surface area contributed by atoms with Crippen molar-refractivity contribution >= 4 is 27.6 Å². The van der Waals surface area contributed by atoms with Crippen LogP contribution < -0.4 is 4.72 Å². The highest BCUT2D eigenvalue weighted by Crippen LogP contribution is 2.22. The SMILES string of the molecule is CCOC(=O)C1CCN(C(=O)c2ccc(NS(=O)(=O)c3ccc(C)c(C)c3)cc2)CC1. The highest BCUT2D eigenvalue weighted by molar-refractivity contribution is 7.92. The summed E-state index contributed by atoms with van der Waals surface area (Å²) in [4.78, 5) is 26.5. The van der Waals surface area contributed by atoms with E-state index in [2.05, 4.69) is 4.72 Å². The molecular weight excluding hydrogens is 416 g/mol. The number of benzene rings is 2. The van der Waals surface area contributed by atoms with Crippen LogP contribution in [0.15, 0.2) is 47.4 Å². The van der Waals surface area contributed by atoms with Gasteiger partial charge in [0.05, 0.1) is 17.4 Å². The van der Waals surface area contributed by atoms with Crippen molar-refractivity contribution in [3.05, 3.63) is 59.2 Å². The number of sulfonamides is 1. The van der Waals surface area contributed by atoms with Crippen molar-refractivity contribution in [3.8, 4) is 0 Å². The third-order valence-electron chi connectivity index (χ3n) is 5.57. The van der Waals surface area contributed by atoms with Gasteiger partial charge in [-0.25, -0.2) is 8.42 Å². The molecule has 2 aromatic carbocycles. The van der Waals surface area contributed by atoms with Gasteiger partial charge in [-0.1, -0.05) is 6.07 Å². The second kappa shape index (κ2) is 9.51. The number of carbonyl (C=O) groups excluding carboxylic acids is 2. The minimum absolute atomic E-state index is 0.133. The molecule has 2 aromatic rings. The maximum Gasteiger partial charge on any atom is 0.309 e. The van der Waals surface area contributed by atoms with E-state index in [9.17, 15) is 18.0 Å². The number of anilines is 1. The number of ether oxygens (including phenoxy) is 1. The number of amides is 1. The normalized spacial score (nSPS) is 14.9. The molecule has 0 radical (unpaired) electrons. The molecule has 1 aliphatic rings. The van der Waals surface area contributed by atoms with E-state index in [0.717, 1.165) is 11.1 Å². The molecule has 3 rings (SSSR count). The number of aryl methyl sites for hydroxylation is 2. The third-order valence-corrected chi connectivity index (χ3v) is 6.95. The Kier molecular flexibility index (Phi) is 7.00. The van der Waals surface area contributed by atoms with Crippen molar-refractivity contribution in [1.29, 1.82) is 0 Å². The molecule has 0 aromatic heterocycles. The number of rotatable bonds is 6. The highest BCUT2D eigenvalue weighted by atomic mass is 32.2. The van der Waals surface area contributed by atoms with Crippen molar-refractivity contribution in [2.75, 3.05) is 24.4 Å². The van der Waals surface area contributed by atoms with Gasteiger partial charge in [-0.15, -0.1) is 0 Å². The fraction of sp³-hybridized carbons (Fsp3) is 0.391. The summed E-state index contributed by atoms with van der Waals surface area (Å²) in [5.74, 6) is -0.493. The van der Waals surface area contributed by atoms with Crippen LogP contribution in [0.25, 0.3) is 0 Å². The van der Waals surface area contributed by atoms with E-state index in [-0.39, 0.29) is 22.7 Å². The second-order valence-corrected chi connectivity index (χ2v) is 9.43. The maximum absolute atomic E-state index is 12.8. The van der Waals surface area contributed by atoms with Crippen LogP contribution in [-0.4, -0.2) is 44.9 Å². The zero-order valence-corrected chi connectivity index (χ0v) is 18.9. The molecule has 0 saturated carbocycles. The van der Waals surface area contributed by atoms with E-state index in [0.29, 0.717) is 43.8 Å². The van der Waals surface area contributed by atoms with Crippen LogP contribution in [0, 0.1) is 19.8 Å². The first kappa shape index (κ1) is 22.8. The molecule has 0 atom stereocenters. The van der Waals surface area contributed by atoms with E-state index in [1.807, 2.05) is 13.8 Å². The van der Waals surface area contributed by atoms with E-state index < -0.39 is 10.0 Å². The lowest BCUT2D eigenvalue weighted by molar-refractivity contribution is -0.149. The van der Waals surface area contributed by atoms with E-state index in [1.165, 1.54) is 0 Å². The fourth-order valence-electron chi connectivity index (χ4n) is 3.54. The van der Waals surface area contributed by atoms with Gasteiger partial charge in [0.15, 0.2) is 0 Å². The lowest BCUT2D eigenvalue weighted by Crippen LogP contribution is -2.40. The molecular formula is C23H28N2O5S. The van der Waals surface area contributed by atoms with Gasteiger partial charge < -0.3 is 9.64 Å². The zero-order chi connectivity index (χ0) is 22.6. The molecule has 0 bridgehead atoms. The zero-order valence-electron chi connectivity index (χ0n) is 18.1. The second-order valence-electron chi connectivity index (χ2n) is 7.75. The number of hydrogen-bond donors (Lipinski definition) is 1. The quantitative estimate of drug-likeness (QED) is 0.688. The Balaban J connectivity index is 1.63. The summed E-state index contributed by atoms with van der Waals surface area (Å²) >= 11 is 0. The summed E-state index contributed by atoms with van der Waals surface area (Å²) in [6, 6.07) is 11.4. The standard InChI is InChI=1S/C23H28N2O5S/c1-4-30-23(27)19-11-13-25(14-12-19)22(26)18-6-8-20(9-7-18)24-31(28,29)21-10-5-16(2)17(3)15-21/h5-10,15,19,24H,4,11-14H2,1-3H3. The Bertz CT molecular complexity index is 1060. The van der Waals surface area contributed by atoms with Crippen LogP contribution in [0.4, 0.5) is 5.69 Å². The van der Waals surface area contributed by atoms with Crippen molar-refractivity contribution in [2.45, 2.75) is 38.5 Å². The number of carbonyl (C=O) groups is 2. The van der Waals surface area contributed by atoms with Gasteiger partial charge in [0, 0.05) is 24.3 Å². The summed E-state index contributed by atoms with van der Waals surface area (Å²) in [5.41, 5.74) is 2.78. The van der Waals surface area contributed by atoms with Crippen molar-refractivity contribution in [1.82, 2.24) is 4.90 Å². The third kappa shape index (κ3) is 5.44. The first-order valence-corrected chi connectivity index (χ1v) is 11.9. The molecule has 1 fully saturated rings. The van der Waals surface area contributed by atoms with Crippen LogP contribution in [0.1, 0.15) is 41.3 Å². The Hall–Kier alpha value is -2.87. The van der Waals surface area contributed by atoms with Gasteiger partial charge in [-0.05, 0) is 81.1 Å². The van der Waals surface area contributed by atoms with E-state index >= 15 is 0 Å². The summed E-state index contributed by atoms with van der Waals surface area (Å²) in [6.07, 6.45) is 1.16. The minimum Gasteiger partial charge on any atom is -0.466 e. The Morgan fingerprint density at radius 3 is 2.26 bits per heavy atom. The molecule has 0 unspecified atom stereocenters. The Morgan fingerprint density at radius 1 is 1.03 bits per heavy atom. The number of nitrogens with one attached hydrogen (secondary N) is 1. The van der Waals surface area contributed by atoms with Gasteiger partial charge in [0.2, 0.25) is 0 Å². The summed E-state index contributed by atoms with van der Waals surface area (Å²) < 4.78 is 32.9. The van der Waals surface area contributed by atoms with Crippen molar-refractivity contribution < 1.29 is 22.7 Å². The average molecular weight is 445 g/mol. The molecule has 1 saturated heterocycles. The number of esters is 1. The monoisotopic (exact) mass is 444 g/mol. The molecule has 8 heteroatoms. The lowest BCUT2D eigenvalue weighted by atomic mass is 9.96. The minimum atomic E-state index is -3.71. The predicted octanol–water partition coefficient (Wildman–Crippen LogP) is 3.52. The molecule has 0 spiro atoms. The molecule has 1 heterocycles. The molecule has 7 nitrogen and oxygen atoms in total. The van der Waals surface area contributed by atoms with Crippen LogP contribution >= 0.6 is 0 Å². The number of hydrogen-bond acceptors (Lipinski definition) is 5. The molecule has 1 aliphatic heterocycles. The smallest absolute Gasteiger partial charge is 0.309 e. The van der Waals surface area contributed by atoms with Gasteiger partial charge in [0.1, 0.15) is 0 Å². The molecule has 1 N–H and O–H groups in total. The lowest BCUT2D eigenvalue weighted by Gasteiger charge is -2.31. The van der Waals surface area contributed by atoms with Gasteiger partial charge >= 0.3 is 5.97 Å². The summed E-state index contributed by atoms with van der Waals surface area (Å²) in [6.45, 7) is 6.91. The first-order valence-electron chi connectivity index (χ1n) is 10.4. The van der Waals surface area contributed by atoms with Crippen LogP contribution in [0.3, 0.4) is 0 Å². The average Bonchev–Trinajstić information content (AvgIpc) is 2.75. The Morgan fingerprint density at radius 2 is 1.68 bits per heavy atom. The van der Waals surface area contributed by atoms with Gasteiger partial charge in [-0.3, -0.25) is 14.3 Å². The summed E-state index contributed by atoms with van der Waals surface area (Å²) in [7, 11) is -3.71. The molecule has 166 valence electrons. The number of piperidine rings is 1. The maximum atomic E-state index is 12.8. The van der Waals surface area contributed by atoms with Crippen molar-refractivity contribution in [3.63, 3.8) is 0 Å². The topological polar surface area (TPSA) is 92.8 Å². The fourth-order valence-corrected chi connectivity index (χ4v) is 4.68. The Labute approximate surface area is 183 Å². The highest BCUT2D eigenvalue weighted by Gasteiger charge is 2.28. The molecule has 1 amide bonds. The van der Waals surface area contributed by atoms with Crippen LogP contribution in [0.2, 0.25) is 0 Å². The van der Waals surface area contributed by atoms with E-state index in [4.69, 9.17) is 4.74 Å².